The third-order valence-electron chi connectivity index (χ3n) is 3.76. The third-order valence-corrected chi connectivity index (χ3v) is 4.70. The van der Waals surface area contributed by atoms with Crippen LogP contribution in [0, 0.1) is 11.6 Å². The van der Waals surface area contributed by atoms with E-state index >= 15 is 0 Å². The number of rotatable bonds is 5. The molecule has 2 heterocycles. The smallest absolute Gasteiger partial charge is 0.247 e. The molecule has 1 atom stereocenters. The molecular formula is C18H13F2N5OS. The van der Waals surface area contributed by atoms with Crippen LogP contribution >= 0.6 is 11.8 Å². The number of H-pyrrole nitrogens is 1. The van der Waals surface area contributed by atoms with Crippen molar-refractivity contribution in [1.29, 1.82) is 0 Å². The molecule has 9 heteroatoms. The zero-order valence-corrected chi connectivity index (χ0v) is 14.9. The molecule has 0 amide bonds. The molecule has 4 rings (SSSR count). The van der Waals surface area contributed by atoms with Crippen LogP contribution in [0.25, 0.3) is 22.8 Å². The number of hydrogen-bond acceptors (Lipinski definition) is 6. The van der Waals surface area contributed by atoms with E-state index in [1.807, 2.05) is 6.92 Å². The molecule has 1 N–H and O–H groups in total. The fraction of sp³-hybridized carbons (Fsp3) is 0.111. The lowest BCUT2D eigenvalue weighted by molar-refractivity contribution is 0.509. The molecule has 0 unspecified atom stereocenters. The van der Waals surface area contributed by atoms with Gasteiger partial charge in [0.05, 0.1) is 10.8 Å². The van der Waals surface area contributed by atoms with Crippen molar-refractivity contribution in [2.45, 2.75) is 17.3 Å². The SMILES string of the molecule is C[C@H](Sc1n[nH]c(-c2ccccc2F)n1)c1nnc(-c2ccc(F)cc2)o1. The van der Waals surface area contributed by atoms with Crippen molar-refractivity contribution in [3.8, 4) is 22.8 Å². The van der Waals surface area contributed by atoms with Gasteiger partial charge in [0.2, 0.25) is 16.9 Å². The second kappa shape index (κ2) is 7.28. The third kappa shape index (κ3) is 3.72. The average Bonchev–Trinajstić information content (AvgIpc) is 3.33. The van der Waals surface area contributed by atoms with Gasteiger partial charge in [0.25, 0.3) is 0 Å². The minimum atomic E-state index is -0.376. The Kier molecular flexibility index (Phi) is 4.68. The van der Waals surface area contributed by atoms with Gasteiger partial charge in [-0.15, -0.1) is 15.3 Å². The van der Waals surface area contributed by atoms with Crippen molar-refractivity contribution in [2.75, 3.05) is 0 Å². The maximum atomic E-state index is 13.8. The maximum Gasteiger partial charge on any atom is 0.247 e. The fourth-order valence-corrected chi connectivity index (χ4v) is 3.14. The first kappa shape index (κ1) is 17.3. The Hall–Kier alpha value is -3.07. The van der Waals surface area contributed by atoms with E-state index in [2.05, 4.69) is 25.4 Å². The average molecular weight is 385 g/mol. The highest BCUT2D eigenvalue weighted by atomic mass is 32.2. The summed E-state index contributed by atoms with van der Waals surface area (Å²) in [6, 6.07) is 12.1. The molecule has 0 saturated carbocycles. The molecule has 0 radical (unpaired) electrons. The zero-order valence-electron chi connectivity index (χ0n) is 14.1. The van der Waals surface area contributed by atoms with Gasteiger partial charge in [0, 0.05) is 5.56 Å². The Bertz CT molecular complexity index is 1060. The van der Waals surface area contributed by atoms with E-state index in [4.69, 9.17) is 4.42 Å². The first-order valence-electron chi connectivity index (χ1n) is 8.03. The Labute approximate surface area is 157 Å². The van der Waals surface area contributed by atoms with Crippen LogP contribution in [0.4, 0.5) is 8.78 Å². The van der Waals surface area contributed by atoms with Crippen LogP contribution in [0.1, 0.15) is 18.1 Å². The normalized spacial score (nSPS) is 12.3. The Morgan fingerprint density at radius 2 is 1.81 bits per heavy atom. The molecule has 0 saturated heterocycles. The lowest BCUT2D eigenvalue weighted by Gasteiger charge is -2.02. The highest BCUT2D eigenvalue weighted by Gasteiger charge is 2.19. The Morgan fingerprint density at radius 3 is 2.59 bits per heavy atom. The van der Waals surface area contributed by atoms with Gasteiger partial charge in [-0.1, -0.05) is 23.9 Å². The van der Waals surface area contributed by atoms with Gasteiger partial charge in [0.1, 0.15) is 11.6 Å². The van der Waals surface area contributed by atoms with Gasteiger partial charge in [-0.2, -0.15) is 0 Å². The molecule has 0 spiro atoms. The summed E-state index contributed by atoms with van der Waals surface area (Å²) in [5.41, 5.74) is 0.980. The summed E-state index contributed by atoms with van der Waals surface area (Å²) in [4.78, 5) is 4.31. The van der Waals surface area contributed by atoms with Gasteiger partial charge < -0.3 is 4.42 Å². The molecule has 4 aromatic rings. The quantitative estimate of drug-likeness (QED) is 0.504. The number of hydrogen-bond donors (Lipinski definition) is 1. The van der Waals surface area contributed by atoms with Gasteiger partial charge in [-0.05, 0) is 43.3 Å². The number of benzene rings is 2. The number of aromatic nitrogens is 5. The van der Waals surface area contributed by atoms with Crippen LogP contribution in [0.3, 0.4) is 0 Å². The second-order valence-electron chi connectivity index (χ2n) is 5.66. The number of nitrogens with zero attached hydrogens (tertiary/aromatic N) is 4. The van der Waals surface area contributed by atoms with E-state index in [1.165, 1.54) is 30.0 Å². The van der Waals surface area contributed by atoms with Crippen molar-refractivity contribution in [3.63, 3.8) is 0 Å². The molecular weight excluding hydrogens is 372 g/mol. The molecule has 27 heavy (non-hydrogen) atoms. The molecule has 0 aliphatic carbocycles. The summed E-state index contributed by atoms with van der Waals surface area (Å²) in [7, 11) is 0. The summed E-state index contributed by atoms with van der Waals surface area (Å²) >= 11 is 1.30. The van der Waals surface area contributed by atoms with Crippen molar-refractivity contribution < 1.29 is 13.2 Å². The summed E-state index contributed by atoms with van der Waals surface area (Å²) in [6.07, 6.45) is 0. The molecule has 2 aromatic heterocycles. The molecule has 0 aliphatic rings. The summed E-state index contributed by atoms with van der Waals surface area (Å²) in [6.45, 7) is 1.87. The maximum absolute atomic E-state index is 13.8. The molecule has 0 aliphatic heterocycles. The van der Waals surface area contributed by atoms with E-state index in [-0.39, 0.29) is 16.9 Å². The topological polar surface area (TPSA) is 80.5 Å². The molecule has 0 bridgehead atoms. The van der Waals surface area contributed by atoms with Crippen LogP contribution in [0.15, 0.2) is 58.1 Å². The predicted octanol–water partition coefficient (Wildman–Crippen LogP) is 4.65. The first-order valence-corrected chi connectivity index (χ1v) is 8.91. The van der Waals surface area contributed by atoms with Crippen molar-refractivity contribution >= 4 is 11.8 Å². The van der Waals surface area contributed by atoms with Crippen LogP contribution in [-0.4, -0.2) is 25.4 Å². The highest BCUT2D eigenvalue weighted by Crippen LogP contribution is 2.34. The number of nitrogens with one attached hydrogen (secondary N) is 1. The number of halogens is 2. The summed E-state index contributed by atoms with van der Waals surface area (Å²) in [5, 5.41) is 15.1. The van der Waals surface area contributed by atoms with E-state index in [0.717, 1.165) is 0 Å². The monoisotopic (exact) mass is 385 g/mol. The minimum Gasteiger partial charge on any atom is -0.419 e. The second-order valence-corrected chi connectivity index (χ2v) is 6.97. The van der Waals surface area contributed by atoms with Crippen molar-refractivity contribution in [1.82, 2.24) is 25.4 Å². The van der Waals surface area contributed by atoms with Crippen LogP contribution in [-0.2, 0) is 0 Å². The largest absolute Gasteiger partial charge is 0.419 e. The van der Waals surface area contributed by atoms with E-state index in [9.17, 15) is 8.78 Å². The highest BCUT2D eigenvalue weighted by molar-refractivity contribution is 7.99. The molecule has 2 aromatic carbocycles. The summed E-state index contributed by atoms with van der Waals surface area (Å²) in [5.74, 6) is 0.327. The standard InChI is InChI=1S/C18H13F2N5OS/c1-10(16-23-24-17(26-16)11-6-8-12(19)9-7-11)27-18-21-15(22-25-18)13-4-2-3-5-14(13)20/h2-10H,1H3,(H,21,22,25)/t10-/m0/s1. The van der Waals surface area contributed by atoms with Crippen LogP contribution in [0.5, 0.6) is 0 Å². The predicted molar refractivity (Wildman–Crippen MR) is 95.7 cm³/mol. The Morgan fingerprint density at radius 1 is 1.04 bits per heavy atom. The summed E-state index contributed by atoms with van der Waals surface area (Å²) < 4.78 is 32.5. The minimum absolute atomic E-state index is 0.226. The van der Waals surface area contributed by atoms with Gasteiger partial charge in [-0.3, -0.25) is 5.10 Å². The van der Waals surface area contributed by atoms with Gasteiger partial charge in [0.15, 0.2) is 5.82 Å². The number of aromatic amines is 1. The van der Waals surface area contributed by atoms with Crippen LogP contribution < -0.4 is 0 Å². The Balaban J connectivity index is 1.49. The zero-order chi connectivity index (χ0) is 18.8. The van der Waals surface area contributed by atoms with E-state index in [0.29, 0.717) is 33.9 Å². The van der Waals surface area contributed by atoms with E-state index < -0.39 is 0 Å². The lowest BCUT2D eigenvalue weighted by Crippen LogP contribution is -1.90. The number of thioether (sulfide) groups is 1. The van der Waals surface area contributed by atoms with Crippen molar-refractivity contribution in [2.24, 2.45) is 0 Å². The molecule has 136 valence electrons. The molecule has 6 nitrogen and oxygen atoms in total. The lowest BCUT2D eigenvalue weighted by atomic mass is 10.2. The van der Waals surface area contributed by atoms with Crippen molar-refractivity contribution in [3.05, 3.63) is 66.1 Å². The van der Waals surface area contributed by atoms with Crippen LogP contribution in [0.2, 0.25) is 0 Å². The fourth-order valence-electron chi connectivity index (χ4n) is 2.39. The van der Waals surface area contributed by atoms with Gasteiger partial charge >= 0.3 is 0 Å². The first-order chi connectivity index (χ1) is 13.1. The van der Waals surface area contributed by atoms with Gasteiger partial charge in [-0.25, -0.2) is 13.8 Å². The van der Waals surface area contributed by atoms with E-state index in [1.54, 1.807) is 30.3 Å². The molecule has 0 fully saturated rings.